The molecule has 5 heteroatoms. The van der Waals surface area contributed by atoms with E-state index >= 15 is 0 Å². The zero-order chi connectivity index (χ0) is 15.5. The third-order valence-electron chi connectivity index (χ3n) is 3.25. The second kappa shape index (κ2) is 5.62. The van der Waals surface area contributed by atoms with Crippen LogP contribution in [0.4, 0.5) is 10.2 Å². The molecular weight excluding hydrogens is 279 g/mol. The molecule has 1 aromatic carbocycles. The number of nitrogens with two attached hydrogens (primary N) is 1. The lowest BCUT2D eigenvalue weighted by Crippen LogP contribution is -2.01. The lowest BCUT2D eigenvalue weighted by molar-refractivity contribution is 0.631. The van der Waals surface area contributed by atoms with Crippen LogP contribution in [0.5, 0.6) is 0 Å². The molecule has 0 unspecified atom stereocenters. The van der Waals surface area contributed by atoms with Crippen molar-refractivity contribution in [3.8, 4) is 28.6 Å². The summed E-state index contributed by atoms with van der Waals surface area (Å²) < 4.78 is 14.1. The van der Waals surface area contributed by atoms with E-state index in [0.717, 1.165) is 0 Å². The number of rotatable bonds is 2. The van der Waals surface area contributed by atoms with E-state index in [2.05, 4.69) is 9.97 Å². The van der Waals surface area contributed by atoms with Gasteiger partial charge in [0.1, 0.15) is 23.3 Å². The van der Waals surface area contributed by atoms with Gasteiger partial charge in [0.25, 0.3) is 0 Å². The number of nitriles is 1. The molecule has 0 spiro atoms. The molecule has 22 heavy (non-hydrogen) atoms. The molecule has 2 aromatic heterocycles. The first-order valence-electron chi connectivity index (χ1n) is 6.57. The van der Waals surface area contributed by atoms with Crippen molar-refractivity contribution in [2.45, 2.75) is 0 Å². The Labute approximate surface area is 126 Å². The number of hydrogen-bond acceptors (Lipinski definition) is 4. The predicted molar refractivity (Wildman–Crippen MR) is 82.0 cm³/mol. The van der Waals surface area contributed by atoms with E-state index in [9.17, 15) is 9.65 Å². The van der Waals surface area contributed by atoms with Gasteiger partial charge in [-0.25, -0.2) is 9.37 Å². The van der Waals surface area contributed by atoms with Crippen molar-refractivity contribution in [2.24, 2.45) is 0 Å². The minimum atomic E-state index is -0.420. The predicted octanol–water partition coefficient (Wildman–Crippen LogP) is 3.40. The van der Waals surface area contributed by atoms with Gasteiger partial charge < -0.3 is 5.73 Å². The monoisotopic (exact) mass is 290 g/mol. The zero-order valence-electron chi connectivity index (χ0n) is 11.5. The van der Waals surface area contributed by atoms with E-state index in [1.54, 1.807) is 42.6 Å². The molecule has 0 amide bonds. The fourth-order valence-corrected chi connectivity index (χ4v) is 2.22. The molecular formula is C17H11FN4. The molecule has 0 saturated heterocycles. The Morgan fingerprint density at radius 3 is 2.45 bits per heavy atom. The van der Waals surface area contributed by atoms with Gasteiger partial charge in [-0.05, 0) is 24.3 Å². The number of pyridine rings is 2. The number of halogens is 1. The molecule has 4 nitrogen and oxygen atoms in total. The summed E-state index contributed by atoms with van der Waals surface area (Å²) in [5.41, 5.74) is 7.86. The highest BCUT2D eigenvalue weighted by Gasteiger charge is 2.16. The second-order valence-electron chi connectivity index (χ2n) is 4.62. The minimum Gasteiger partial charge on any atom is -0.383 e. The van der Waals surface area contributed by atoms with Crippen LogP contribution < -0.4 is 5.73 Å². The molecule has 0 atom stereocenters. The van der Waals surface area contributed by atoms with E-state index in [-0.39, 0.29) is 11.4 Å². The maximum atomic E-state index is 14.1. The Morgan fingerprint density at radius 1 is 1.00 bits per heavy atom. The first-order valence-corrected chi connectivity index (χ1v) is 6.57. The second-order valence-corrected chi connectivity index (χ2v) is 4.62. The van der Waals surface area contributed by atoms with Gasteiger partial charge in [0.2, 0.25) is 0 Å². The quantitative estimate of drug-likeness (QED) is 0.784. The van der Waals surface area contributed by atoms with Crippen LogP contribution in [0.15, 0.2) is 54.7 Å². The van der Waals surface area contributed by atoms with E-state index in [1.165, 1.54) is 6.07 Å². The molecule has 0 aliphatic rings. The molecule has 106 valence electrons. The van der Waals surface area contributed by atoms with Gasteiger partial charge in [-0.2, -0.15) is 5.26 Å². The molecule has 3 rings (SSSR count). The third kappa shape index (κ3) is 2.38. The Hall–Kier alpha value is -3.26. The summed E-state index contributed by atoms with van der Waals surface area (Å²) in [6, 6.07) is 15.3. The summed E-state index contributed by atoms with van der Waals surface area (Å²) in [7, 11) is 0. The number of nitrogens with zero attached hydrogens (tertiary/aromatic N) is 3. The van der Waals surface area contributed by atoms with E-state index in [4.69, 9.17) is 5.73 Å². The number of nitrogen functional groups attached to an aromatic ring is 1. The van der Waals surface area contributed by atoms with Crippen molar-refractivity contribution in [1.82, 2.24) is 9.97 Å². The van der Waals surface area contributed by atoms with Crippen molar-refractivity contribution in [1.29, 1.82) is 5.26 Å². The summed E-state index contributed by atoms with van der Waals surface area (Å²) >= 11 is 0. The van der Waals surface area contributed by atoms with Crippen LogP contribution in [-0.2, 0) is 0 Å². The maximum Gasteiger partial charge on any atom is 0.142 e. The maximum absolute atomic E-state index is 14.1. The van der Waals surface area contributed by atoms with E-state index in [1.807, 2.05) is 12.1 Å². The Kier molecular flexibility index (Phi) is 3.50. The molecule has 0 aliphatic carbocycles. The highest BCUT2D eigenvalue weighted by molar-refractivity contribution is 5.79. The summed E-state index contributed by atoms with van der Waals surface area (Å²) in [5.74, 6) is -0.361. The normalized spacial score (nSPS) is 10.2. The summed E-state index contributed by atoms with van der Waals surface area (Å²) in [5, 5.41) is 9.30. The van der Waals surface area contributed by atoms with Gasteiger partial charge in [0.15, 0.2) is 0 Å². The standard InChI is InChI=1S/C17H11FN4/c18-14-6-2-1-5-11(14)12-9-16(15-7-3-4-8-21-15)22-17(20)13(12)10-19/h1-9H,(H2,20,22). The minimum absolute atomic E-state index is 0.0592. The number of anilines is 1. The highest BCUT2D eigenvalue weighted by atomic mass is 19.1. The third-order valence-corrected chi connectivity index (χ3v) is 3.25. The van der Waals surface area contributed by atoms with Crippen molar-refractivity contribution in [3.05, 3.63) is 66.1 Å². The molecule has 3 aromatic rings. The van der Waals surface area contributed by atoms with E-state index < -0.39 is 5.82 Å². The van der Waals surface area contributed by atoms with Crippen LogP contribution in [0.1, 0.15) is 5.56 Å². The van der Waals surface area contributed by atoms with Crippen LogP contribution in [0.2, 0.25) is 0 Å². The number of aromatic nitrogens is 2. The van der Waals surface area contributed by atoms with Gasteiger partial charge in [0.05, 0.1) is 11.4 Å². The summed E-state index contributed by atoms with van der Waals surface area (Å²) in [6.45, 7) is 0. The summed E-state index contributed by atoms with van der Waals surface area (Å²) in [6.07, 6.45) is 1.63. The van der Waals surface area contributed by atoms with Gasteiger partial charge in [-0.3, -0.25) is 4.98 Å². The van der Waals surface area contributed by atoms with E-state index in [0.29, 0.717) is 22.5 Å². The fourth-order valence-electron chi connectivity index (χ4n) is 2.22. The van der Waals surface area contributed by atoms with Crippen LogP contribution in [0.25, 0.3) is 22.5 Å². The van der Waals surface area contributed by atoms with Crippen molar-refractivity contribution < 1.29 is 4.39 Å². The summed E-state index contributed by atoms with van der Waals surface area (Å²) in [4.78, 5) is 8.41. The molecule has 0 radical (unpaired) electrons. The lowest BCUT2D eigenvalue weighted by atomic mass is 9.99. The van der Waals surface area contributed by atoms with Crippen LogP contribution in [-0.4, -0.2) is 9.97 Å². The lowest BCUT2D eigenvalue weighted by Gasteiger charge is -2.10. The SMILES string of the molecule is N#Cc1c(-c2ccccc2F)cc(-c2ccccn2)nc1N. The van der Waals surface area contributed by atoms with Gasteiger partial charge >= 0.3 is 0 Å². The topological polar surface area (TPSA) is 75.6 Å². The zero-order valence-corrected chi connectivity index (χ0v) is 11.5. The number of hydrogen-bond donors (Lipinski definition) is 1. The average Bonchev–Trinajstić information content (AvgIpc) is 2.55. The first-order chi connectivity index (χ1) is 10.7. The fraction of sp³-hybridized carbons (Fsp3) is 0. The Bertz CT molecular complexity index is 870. The molecule has 0 bridgehead atoms. The Balaban J connectivity index is 2.28. The molecule has 0 aliphatic heterocycles. The molecule has 0 fully saturated rings. The van der Waals surface area contributed by atoms with Crippen LogP contribution in [0.3, 0.4) is 0 Å². The van der Waals surface area contributed by atoms with Gasteiger partial charge in [0, 0.05) is 17.3 Å². The van der Waals surface area contributed by atoms with Crippen molar-refractivity contribution in [2.75, 3.05) is 5.73 Å². The highest BCUT2D eigenvalue weighted by Crippen LogP contribution is 2.31. The molecule has 2 heterocycles. The smallest absolute Gasteiger partial charge is 0.142 e. The Morgan fingerprint density at radius 2 is 1.77 bits per heavy atom. The first kappa shape index (κ1) is 13.7. The average molecular weight is 290 g/mol. The van der Waals surface area contributed by atoms with Crippen molar-refractivity contribution in [3.63, 3.8) is 0 Å². The molecule has 2 N–H and O–H groups in total. The van der Waals surface area contributed by atoms with Gasteiger partial charge in [-0.15, -0.1) is 0 Å². The number of benzene rings is 1. The largest absolute Gasteiger partial charge is 0.383 e. The van der Waals surface area contributed by atoms with Crippen molar-refractivity contribution >= 4 is 5.82 Å². The van der Waals surface area contributed by atoms with Crippen LogP contribution >= 0.6 is 0 Å². The van der Waals surface area contributed by atoms with Crippen LogP contribution in [0, 0.1) is 17.1 Å². The van der Waals surface area contributed by atoms with Gasteiger partial charge in [-0.1, -0.05) is 24.3 Å². The molecule has 0 saturated carbocycles.